The highest BCUT2D eigenvalue weighted by Crippen LogP contribution is 2.27. The maximum atomic E-state index is 12.4. The van der Waals surface area contributed by atoms with Gasteiger partial charge in [-0.1, -0.05) is 0 Å². The third-order valence-corrected chi connectivity index (χ3v) is 3.83. The molecule has 2 rings (SSSR count). The molecule has 1 amide bonds. The average Bonchev–Trinajstić information content (AvgIpc) is 2.91. The molecular weight excluding hydrogens is 266 g/mol. The van der Waals surface area contributed by atoms with Gasteiger partial charge in [-0.3, -0.25) is 9.59 Å². The van der Waals surface area contributed by atoms with Crippen LogP contribution < -0.4 is 0 Å². The Labute approximate surface area is 114 Å². The summed E-state index contributed by atoms with van der Waals surface area (Å²) in [7, 11) is 1.45. The lowest BCUT2D eigenvalue weighted by molar-refractivity contribution is -0.391. The molecule has 0 aliphatic carbocycles. The van der Waals surface area contributed by atoms with Crippen LogP contribution in [0.3, 0.4) is 0 Å². The first kappa shape index (κ1) is 14.0. The number of hydrogen-bond acceptors (Lipinski definition) is 4. The molecule has 1 N–H and O–H groups in total. The van der Waals surface area contributed by atoms with Crippen LogP contribution in [0.25, 0.3) is 0 Å². The molecule has 108 valence electrons. The Morgan fingerprint density at radius 2 is 2.10 bits per heavy atom. The van der Waals surface area contributed by atoms with Gasteiger partial charge in [-0.2, -0.15) is 0 Å². The van der Waals surface area contributed by atoms with Crippen LogP contribution in [0.1, 0.15) is 23.8 Å². The number of nitrogens with zero attached hydrogens (tertiary/aromatic N) is 3. The highest BCUT2D eigenvalue weighted by molar-refractivity contribution is 5.94. The van der Waals surface area contributed by atoms with E-state index in [1.54, 1.807) is 6.92 Å². The van der Waals surface area contributed by atoms with E-state index in [0.717, 1.165) is 0 Å². The van der Waals surface area contributed by atoms with Crippen molar-refractivity contribution in [2.45, 2.75) is 19.4 Å². The summed E-state index contributed by atoms with van der Waals surface area (Å²) in [4.78, 5) is 35.1. The van der Waals surface area contributed by atoms with Crippen molar-refractivity contribution < 1.29 is 19.6 Å². The third kappa shape index (κ3) is 2.13. The summed E-state index contributed by atoms with van der Waals surface area (Å²) in [5, 5.41) is 19.8. The van der Waals surface area contributed by atoms with Gasteiger partial charge in [0, 0.05) is 18.7 Å². The van der Waals surface area contributed by atoms with Crippen LogP contribution in [-0.4, -0.2) is 44.0 Å². The maximum absolute atomic E-state index is 12.4. The molecule has 1 aromatic rings. The second-order valence-corrected chi connectivity index (χ2v) is 4.87. The number of carbonyl (C=O) groups is 2. The molecule has 1 aliphatic heterocycles. The first-order valence-electron chi connectivity index (χ1n) is 6.18. The monoisotopic (exact) mass is 281 g/mol. The standard InChI is InChI=1S/C12H15N3O5/c1-7-8(12(17)18)5-6-14(7)11(16)9-3-4-10(13(9)2)15(19)20/h3-4,7-8H,5-6H2,1-2H3,(H,17,18). The van der Waals surface area contributed by atoms with E-state index in [4.69, 9.17) is 5.11 Å². The fourth-order valence-electron chi connectivity index (χ4n) is 2.60. The van der Waals surface area contributed by atoms with Crippen molar-refractivity contribution in [3.63, 3.8) is 0 Å². The lowest BCUT2D eigenvalue weighted by Crippen LogP contribution is -2.38. The van der Waals surface area contributed by atoms with Crippen molar-refractivity contribution in [1.82, 2.24) is 9.47 Å². The van der Waals surface area contributed by atoms with Crippen molar-refractivity contribution in [1.29, 1.82) is 0 Å². The van der Waals surface area contributed by atoms with Gasteiger partial charge in [0.15, 0.2) is 5.69 Å². The van der Waals surface area contributed by atoms with Crippen LogP contribution in [0.15, 0.2) is 12.1 Å². The second kappa shape index (κ2) is 4.95. The van der Waals surface area contributed by atoms with Crippen LogP contribution in [0.2, 0.25) is 0 Å². The number of amides is 1. The first-order valence-corrected chi connectivity index (χ1v) is 6.18. The largest absolute Gasteiger partial charge is 0.481 e. The maximum Gasteiger partial charge on any atom is 0.323 e. The molecule has 0 bridgehead atoms. The predicted molar refractivity (Wildman–Crippen MR) is 68.3 cm³/mol. The molecule has 20 heavy (non-hydrogen) atoms. The van der Waals surface area contributed by atoms with Crippen molar-refractivity contribution in [2.24, 2.45) is 13.0 Å². The highest BCUT2D eigenvalue weighted by atomic mass is 16.6. The zero-order valence-corrected chi connectivity index (χ0v) is 11.1. The number of aliphatic carboxylic acids is 1. The van der Waals surface area contributed by atoms with Gasteiger partial charge in [0.1, 0.15) is 0 Å². The van der Waals surface area contributed by atoms with Crippen LogP contribution in [0, 0.1) is 16.0 Å². The minimum atomic E-state index is -0.925. The molecule has 2 heterocycles. The van der Waals surface area contributed by atoms with Gasteiger partial charge in [0.2, 0.25) is 0 Å². The Bertz CT molecular complexity index is 580. The molecule has 8 heteroatoms. The van der Waals surface area contributed by atoms with Crippen LogP contribution in [0.4, 0.5) is 5.82 Å². The van der Waals surface area contributed by atoms with Crippen LogP contribution >= 0.6 is 0 Å². The molecule has 8 nitrogen and oxygen atoms in total. The van der Waals surface area contributed by atoms with Gasteiger partial charge in [-0.05, 0) is 24.3 Å². The van der Waals surface area contributed by atoms with Crippen molar-refractivity contribution in [2.75, 3.05) is 6.54 Å². The molecule has 2 unspecified atom stereocenters. The highest BCUT2D eigenvalue weighted by Gasteiger charge is 2.40. The van der Waals surface area contributed by atoms with Gasteiger partial charge in [-0.15, -0.1) is 0 Å². The Kier molecular flexibility index (Phi) is 3.47. The number of rotatable bonds is 3. The van der Waals surface area contributed by atoms with E-state index >= 15 is 0 Å². The SMILES string of the molecule is CC1C(C(=O)O)CCN1C(=O)c1ccc([N+](=O)[O-])n1C. The average molecular weight is 281 g/mol. The smallest absolute Gasteiger partial charge is 0.323 e. The van der Waals surface area contributed by atoms with Crippen molar-refractivity contribution in [3.05, 3.63) is 27.9 Å². The summed E-state index contributed by atoms with van der Waals surface area (Å²) in [6.07, 6.45) is 0.398. The Morgan fingerprint density at radius 3 is 2.55 bits per heavy atom. The van der Waals surface area contributed by atoms with Crippen molar-refractivity contribution in [3.8, 4) is 0 Å². The molecule has 2 atom stereocenters. The van der Waals surface area contributed by atoms with E-state index in [9.17, 15) is 19.7 Å². The molecule has 0 saturated carbocycles. The number of carboxylic acids is 1. The molecule has 1 saturated heterocycles. The normalized spacial score (nSPS) is 22.0. The van der Waals surface area contributed by atoms with Gasteiger partial charge in [0.05, 0.1) is 13.0 Å². The summed E-state index contributed by atoms with van der Waals surface area (Å²) in [5.74, 6) is -2.06. The fraction of sp³-hybridized carbons (Fsp3) is 0.500. The number of hydrogen-bond donors (Lipinski definition) is 1. The quantitative estimate of drug-likeness (QED) is 0.653. The van der Waals surface area contributed by atoms with E-state index in [1.165, 1.54) is 28.6 Å². The third-order valence-electron chi connectivity index (χ3n) is 3.83. The topological polar surface area (TPSA) is 106 Å². The summed E-state index contributed by atoms with van der Waals surface area (Å²) in [6.45, 7) is 2.02. The minimum Gasteiger partial charge on any atom is -0.481 e. The fourth-order valence-corrected chi connectivity index (χ4v) is 2.60. The van der Waals surface area contributed by atoms with E-state index < -0.39 is 22.9 Å². The second-order valence-electron chi connectivity index (χ2n) is 4.87. The van der Waals surface area contributed by atoms with E-state index in [2.05, 4.69) is 0 Å². The van der Waals surface area contributed by atoms with Crippen LogP contribution in [0.5, 0.6) is 0 Å². The summed E-state index contributed by atoms with van der Waals surface area (Å²) in [5.41, 5.74) is 0.189. The molecule has 0 spiro atoms. The molecule has 1 fully saturated rings. The van der Waals surface area contributed by atoms with Gasteiger partial charge >= 0.3 is 11.8 Å². The van der Waals surface area contributed by atoms with Crippen LogP contribution in [-0.2, 0) is 11.8 Å². The number of likely N-dealkylation sites (tertiary alicyclic amines) is 1. The zero-order valence-electron chi connectivity index (χ0n) is 11.1. The van der Waals surface area contributed by atoms with E-state index in [0.29, 0.717) is 13.0 Å². The number of carboxylic acid groups (broad SMARTS) is 1. The summed E-state index contributed by atoms with van der Waals surface area (Å²) < 4.78 is 1.21. The molecule has 1 aliphatic rings. The summed E-state index contributed by atoms with van der Waals surface area (Å²) >= 11 is 0. The van der Waals surface area contributed by atoms with Crippen molar-refractivity contribution >= 4 is 17.7 Å². The van der Waals surface area contributed by atoms with E-state index in [-0.39, 0.29) is 17.4 Å². The lowest BCUT2D eigenvalue weighted by atomic mass is 10.0. The summed E-state index contributed by atoms with van der Waals surface area (Å²) in [6, 6.07) is 2.23. The molecular formula is C12H15N3O5. The number of carbonyl (C=O) groups excluding carboxylic acids is 1. The van der Waals surface area contributed by atoms with Gasteiger partial charge in [0.25, 0.3) is 5.91 Å². The Hall–Kier alpha value is -2.38. The zero-order chi connectivity index (χ0) is 15.0. The Morgan fingerprint density at radius 1 is 1.45 bits per heavy atom. The molecule has 0 radical (unpaired) electrons. The van der Waals surface area contributed by atoms with Gasteiger partial charge in [-0.25, -0.2) is 4.57 Å². The lowest BCUT2D eigenvalue weighted by Gasteiger charge is -2.22. The molecule has 1 aromatic heterocycles. The number of nitro groups is 1. The predicted octanol–water partition coefficient (Wildman–Crippen LogP) is 0.868. The van der Waals surface area contributed by atoms with E-state index in [1.807, 2.05) is 0 Å². The minimum absolute atomic E-state index is 0.171. The first-order chi connectivity index (χ1) is 9.34. The van der Waals surface area contributed by atoms with Gasteiger partial charge < -0.3 is 20.1 Å². The Balaban J connectivity index is 2.25. The molecule has 0 aromatic carbocycles. The number of aromatic nitrogens is 1.